The molecule has 0 amide bonds. The Labute approximate surface area is 163 Å². The fourth-order valence-electron chi connectivity index (χ4n) is 1.99. The summed E-state index contributed by atoms with van der Waals surface area (Å²) in [5.41, 5.74) is 0.265. The molecule has 0 saturated heterocycles. The molecule has 0 N–H and O–H groups in total. The highest BCUT2D eigenvalue weighted by Crippen LogP contribution is 2.22. The molecule has 2 rings (SSSR count). The summed E-state index contributed by atoms with van der Waals surface area (Å²) < 4.78 is 15.2. The molecule has 1 aromatic carbocycles. The Morgan fingerprint density at radius 1 is 0.929 bits per heavy atom. The molecule has 1 unspecified atom stereocenters. The molecular weight excluding hydrogens is 366 g/mol. The van der Waals surface area contributed by atoms with Crippen molar-refractivity contribution < 1.29 is 23.8 Å². The van der Waals surface area contributed by atoms with Crippen molar-refractivity contribution >= 4 is 23.8 Å². The minimum absolute atomic E-state index is 0.122. The van der Waals surface area contributed by atoms with Crippen molar-refractivity contribution in [1.29, 1.82) is 0 Å². The summed E-state index contributed by atoms with van der Waals surface area (Å²) in [5.74, 6) is 0.0560. The number of hydrogen-bond donors (Lipinski definition) is 0. The molecule has 28 heavy (non-hydrogen) atoms. The number of rotatable bonds is 7. The first kappa shape index (κ1) is 20.9. The average Bonchev–Trinajstić information content (AvgIpc) is 2.67. The van der Waals surface area contributed by atoms with Gasteiger partial charge >= 0.3 is 17.9 Å². The average molecular weight is 389 g/mol. The largest absolute Gasteiger partial charge is 0.466 e. The van der Waals surface area contributed by atoms with Crippen molar-refractivity contribution in [2.75, 3.05) is 45.1 Å². The summed E-state index contributed by atoms with van der Waals surface area (Å²) in [5, 5.41) is 0. The van der Waals surface area contributed by atoms with Gasteiger partial charge in [0.15, 0.2) is 6.10 Å². The van der Waals surface area contributed by atoms with Gasteiger partial charge < -0.3 is 24.0 Å². The van der Waals surface area contributed by atoms with Crippen LogP contribution in [-0.4, -0.2) is 68.3 Å². The minimum Gasteiger partial charge on any atom is -0.466 e. The third-order valence-electron chi connectivity index (χ3n) is 3.51. The van der Waals surface area contributed by atoms with E-state index in [2.05, 4.69) is 19.7 Å². The quantitative estimate of drug-likeness (QED) is 0.647. The van der Waals surface area contributed by atoms with Crippen LogP contribution in [0.3, 0.4) is 0 Å². The van der Waals surface area contributed by atoms with Crippen LogP contribution in [0.1, 0.15) is 17.3 Å². The van der Waals surface area contributed by atoms with Gasteiger partial charge in [-0.05, 0) is 31.2 Å². The number of esters is 2. The van der Waals surface area contributed by atoms with Gasteiger partial charge in [0.2, 0.25) is 11.9 Å². The fourth-order valence-corrected chi connectivity index (χ4v) is 1.99. The van der Waals surface area contributed by atoms with Crippen molar-refractivity contribution in [2.45, 2.75) is 13.0 Å². The molecule has 150 valence electrons. The van der Waals surface area contributed by atoms with Crippen LogP contribution in [-0.2, 0) is 14.3 Å². The van der Waals surface area contributed by atoms with Crippen molar-refractivity contribution in [3.05, 3.63) is 29.8 Å². The van der Waals surface area contributed by atoms with Crippen molar-refractivity contribution in [3.63, 3.8) is 0 Å². The first-order valence-electron chi connectivity index (χ1n) is 8.38. The van der Waals surface area contributed by atoms with E-state index < -0.39 is 18.0 Å². The molecule has 1 atom stereocenters. The number of carbonyl (C=O) groups is 2. The zero-order chi connectivity index (χ0) is 20.8. The fraction of sp³-hybridized carbons (Fsp3) is 0.389. The second-order valence-electron chi connectivity index (χ2n) is 6.20. The molecule has 0 aliphatic carbocycles. The molecular formula is C18H23N5O5. The summed E-state index contributed by atoms with van der Waals surface area (Å²) in [6.07, 6.45) is -0.993. The number of nitrogens with zero attached hydrogens (tertiary/aromatic N) is 5. The molecule has 0 bridgehead atoms. The van der Waals surface area contributed by atoms with Crippen LogP contribution in [0.4, 0.5) is 11.9 Å². The highest BCUT2D eigenvalue weighted by molar-refractivity contribution is 5.91. The first-order chi connectivity index (χ1) is 13.2. The highest BCUT2D eigenvalue weighted by Gasteiger charge is 2.19. The Kier molecular flexibility index (Phi) is 6.69. The normalized spacial score (nSPS) is 11.4. The number of aromatic nitrogens is 3. The zero-order valence-corrected chi connectivity index (χ0v) is 16.7. The Hall–Kier alpha value is -3.43. The van der Waals surface area contributed by atoms with Crippen LogP contribution in [0, 0.1) is 0 Å². The highest BCUT2D eigenvalue weighted by atomic mass is 16.6. The second kappa shape index (κ2) is 8.98. The molecule has 0 saturated carbocycles. The standard InChI is InChI=1S/C18H23N5O5/c1-11(14(24)26-6)27-15(25)12-7-9-13(10-8-12)28-18-20-16(22(2)3)19-17(21-18)23(4)5/h7-11H,1-6H3. The number of methoxy groups -OCH3 is 1. The van der Waals surface area contributed by atoms with E-state index in [0.717, 1.165) is 0 Å². The lowest BCUT2D eigenvalue weighted by Gasteiger charge is -2.16. The topological polar surface area (TPSA) is 107 Å². The molecule has 0 fully saturated rings. The Bertz CT molecular complexity index is 813. The lowest BCUT2D eigenvalue weighted by atomic mass is 10.2. The molecule has 0 aliphatic heterocycles. The van der Waals surface area contributed by atoms with Crippen LogP contribution in [0.2, 0.25) is 0 Å². The Morgan fingerprint density at radius 2 is 1.46 bits per heavy atom. The van der Waals surface area contributed by atoms with Gasteiger partial charge in [-0.15, -0.1) is 0 Å². The maximum atomic E-state index is 12.1. The van der Waals surface area contributed by atoms with Gasteiger partial charge in [-0.2, -0.15) is 15.0 Å². The Balaban J connectivity index is 2.14. The summed E-state index contributed by atoms with van der Waals surface area (Å²) in [6.45, 7) is 1.44. The van der Waals surface area contributed by atoms with Crippen LogP contribution in [0.25, 0.3) is 0 Å². The molecule has 10 nitrogen and oxygen atoms in total. The predicted molar refractivity (Wildman–Crippen MR) is 102 cm³/mol. The summed E-state index contributed by atoms with van der Waals surface area (Å²) >= 11 is 0. The number of anilines is 2. The second-order valence-corrected chi connectivity index (χ2v) is 6.20. The monoisotopic (exact) mass is 389 g/mol. The van der Waals surface area contributed by atoms with E-state index in [1.54, 1.807) is 21.9 Å². The van der Waals surface area contributed by atoms with Crippen molar-refractivity contribution in [2.24, 2.45) is 0 Å². The SMILES string of the molecule is COC(=O)C(C)OC(=O)c1ccc(Oc2nc(N(C)C)nc(N(C)C)n2)cc1. The van der Waals surface area contributed by atoms with Crippen LogP contribution in [0.15, 0.2) is 24.3 Å². The van der Waals surface area contributed by atoms with E-state index in [1.807, 2.05) is 28.2 Å². The van der Waals surface area contributed by atoms with Gasteiger partial charge in [0.05, 0.1) is 12.7 Å². The number of carbonyl (C=O) groups excluding carboxylic acids is 2. The van der Waals surface area contributed by atoms with Gasteiger partial charge in [-0.1, -0.05) is 0 Å². The lowest BCUT2D eigenvalue weighted by molar-refractivity contribution is -0.149. The van der Waals surface area contributed by atoms with Gasteiger partial charge in [-0.25, -0.2) is 9.59 Å². The van der Waals surface area contributed by atoms with Crippen LogP contribution >= 0.6 is 0 Å². The molecule has 10 heteroatoms. The van der Waals surface area contributed by atoms with Gasteiger partial charge in [0.1, 0.15) is 5.75 Å². The van der Waals surface area contributed by atoms with E-state index in [9.17, 15) is 9.59 Å². The van der Waals surface area contributed by atoms with Crippen molar-refractivity contribution in [1.82, 2.24) is 15.0 Å². The van der Waals surface area contributed by atoms with E-state index >= 15 is 0 Å². The molecule has 0 spiro atoms. The molecule has 0 radical (unpaired) electrons. The van der Waals surface area contributed by atoms with Gasteiger partial charge in [-0.3, -0.25) is 0 Å². The lowest BCUT2D eigenvalue weighted by Crippen LogP contribution is -2.25. The number of hydrogen-bond acceptors (Lipinski definition) is 10. The zero-order valence-electron chi connectivity index (χ0n) is 16.7. The smallest absolute Gasteiger partial charge is 0.346 e. The van der Waals surface area contributed by atoms with Crippen LogP contribution < -0.4 is 14.5 Å². The summed E-state index contributed by atoms with van der Waals surface area (Å²) in [4.78, 5) is 39.7. The van der Waals surface area contributed by atoms with Crippen LogP contribution in [0.5, 0.6) is 11.8 Å². The maximum absolute atomic E-state index is 12.1. The molecule has 0 aliphatic rings. The summed E-state index contributed by atoms with van der Waals surface area (Å²) in [7, 11) is 8.48. The number of ether oxygens (including phenoxy) is 3. The third kappa shape index (κ3) is 5.29. The van der Waals surface area contributed by atoms with E-state index in [0.29, 0.717) is 17.6 Å². The number of benzene rings is 1. The van der Waals surface area contributed by atoms with E-state index in [4.69, 9.17) is 9.47 Å². The molecule has 1 heterocycles. The van der Waals surface area contributed by atoms with Gasteiger partial charge in [0.25, 0.3) is 0 Å². The summed E-state index contributed by atoms with van der Waals surface area (Å²) in [6, 6.07) is 6.31. The Morgan fingerprint density at radius 3 is 1.93 bits per heavy atom. The van der Waals surface area contributed by atoms with E-state index in [1.165, 1.54) is 26.2 Å². The third-order valence-corrected chi connectivity index (χ3v) is 3.51. The first-order valence-corrected chi connectivity index (χ1v) is 8.38. The molecule has 1 aromatic heterocycles. The maximum Gasteiger partial charge on any atom is 0.346 e. The predicted octanol–water partition coefficient (Wildman–Crippen LogP) is 1.51. The minimum atomic E-state index is -0.993. The van der Waals surface area contributed by atoms with Crippen molar-refractivity contribution in [3.8, 4) is 11.8 Å². The van der Waals surface area contributed by atoms with Gasteiger partial charge in [0, 0.05) is 28.2 Å². The molecule has 2 aromatic rings. The van der Waals surface area contributed by atoms with E-state index in [-0.39, 0.29) is 11.6 Å².